The summed E-state index contributed by atoms with van der Waals surface area (Å²) in [5.74, 6) is -0.0350. The first-order chi connectivity index (χ1) is 11.0. The molecule has 4 nitrogen and oxygen atoms in total. The molecule has 0 aliphatic rings. The smallest absolute Gasteiger partial charge is 0.227 e. The summed E-state index contributed by atoms with van der Waals surface area (Å²) in [6.45, 7) is 1.81. The summed E-state index contributed by atoms with van der Waals surface area (Å²) in [6.07, 6.45) is 1.06. The van der Waals surface area contributed by atoms with Crippen molar-refractivity contribution in [2.24, 2.45) is 5.92 Å². The molecule has 0 aliphatic heterocycles. The summed E-state index contributed by atoms with van der Waals surface area (Å²) in [4.78, 5) is 12.3. The molecule has 24 heavy (non-hydrogen) atoms. The maximum Gasteiger partial charge on any atom is 0.227 e. The van der Waals surface area contributed by atoms with E-state index in [-0.39, 0.29) is 30.0 Å². The van der Waals surface area contributed by atoms with Crippen molar-refractivity contribution in [2.75, 3.05) is 18.2 Å². The summed E-state index contributed by atoms with van der Waals surface area (Å²) in [7, 11) is 1.55. The van der Waals surface area contributed by atoms with Gasteiger partial charge in [-0.1, -0.05) is 25.1 Å². The number of nitrogens with one attached hydrogen (secondary N) is 1. The minimum atomic E-state index is -0.264. The van der Waals surface area contributed by atoms with E-state index in [2.05, 4.69) is 5.32 Å². The third-order valence-electron chi connectivity index (χ3n) is 3.77. The summed E-state index contributed by atoms with van der Waals surface area (Å²) >= 11 is 0. The molecule has 6 heteroatoms. The lowest BCUT2D eigenvalue weighted by Gasteiger charge is -2.14. The number of anilines is 2. The number of ether oxygens (including phenoxy) is 1. The second-order valence-electron chi connectivity index (χ2n) is 5.47. The Hall–Kier alpha value is -2.27. The minimum Gasteiger partial charge on any atom is -0.497 e. The number of halogens is 2. The van der Waals surface area contributed by atoms with Crippen molar-refractivity contribution in [3.8, 4) is 5.75 Å². The molecule has 0 bridgehead atoms. The van der Waals surface area contributed by atoms with Crippen molar-refractivity contribution in [2.45, 2.75) is 19.8 Å². The number of amides is 1. The summed E-state index contributed by atoms with van der Waals surface area (Å²) < 4.78 is 18.7. The molecule has 0 saturated heterocycles. The molecule has 0 radical (unpaired) electrons. The number of hydrogen-bond donors (Lipinski definition) is 2. The quantitative estimate of drug-likeness (QED) is 0.771. The molecule has 0 saturated carbocycles. The lowest BCUT2D eigenvalue weighted by molar-refractivity contribution is -0.119. The highest BCUT2D eigenvalue weighted by Crippen LogP contribution is 2.25. The molecule has 0 heterocycles. The molecule has 130 valence electrons. The number of carbonyl (C=O) groups excluding carboxylic acids is 1. The van der Waals surface area contributed by atoms with E-state index in [1.54, 1.807) is 43.5 Å². The highest BCUT2D eigenvalue weighted by molar-refractivity contribution is 5.95. The van der Waals surface area contributed by atoms with Crippen LogP contribution in [0.15, 0.2) is 42.5 Å². The van der Waals surface area contributed by atoms with Crippen molar-refractivity contribution in [1.29, 1.82) is 0 Å². The fourth-order valence-corrected chi connectivity index (χ4v) is 2.23. The number of aryl methyl sites for hydroxylation is 1. The molecular weight excluding hydrogens is 331 g/mol. The molecule has 0 aliphatic carbocycles. The fraction of sp³-hybridized carbons (Fsp3) is 0.278. The van der Waals surface area contributed by atoms with Crippen LogP contribution in [-0.4, -0.2) is 13.0 Å². The largest absolute Gasteiger partial charge is 0.497 e. The number of nitrogens with two attached hydrogens (primary N) is 1. The molecule has 3 N–H and O–H groups in total. The Balaban J connectivity index is 0.00000288. The highest BCUT2D eigenvalue weighted by atomic mass is 35.5. The number of carbonyl (C=O) groups is 1. The molecule has 2 rings (SSSR count). The normalized spacial score (nSPS) is 11.3. The maximum absolute atomic E-state index is 13.6. The van der Waals surface area contributed by atoms with E-state index in [1.807, 2.05) is 6.92 Å². The number of benzene rings is 2. The summed E-state index contributed by atoms with van der Waals surface area (Å²) in [6, 6.07) is 11.7. The number of rotatable bonds is 6. The van der Waals surface area contributed by atoms with Gasteiger partial charge in [0.15, 0.2) is 0 Å². The van der Waals surface area contributed by atoms with Crippen LogP contribution in [0.4, 0.5) is 15.8 Å². The lowest BCUT2D eigenvalue weighted by atomic mass is 10.00. The van der Waals surface area contributed by atoms with Gasteiger partial charge in [-0.2, -0.15) is 0 Å². The first kappa shape index (κ1) is 19.8. The van der Waals surface area contributed by atoms with Crippen LogP contribution < -0.4 is 15.8 Å². The molecule has 2 aromatic carbocycles. The van der Waals surface area contributed by atoms with Crippen LogP contribution in [0.1, 0.15) is 18.9 Å². The van der Waals surface area contributed by atoms with Crippen LogP contribution in [0.2, 0.25) is 0 Å². The van der Waals surface area contributed by atoms with Crippen LogP contribution in [-0.2, 0) is 11.2 Å². The van der Waals surface area contributed by atoms with Crippen molar-refractivity contribution in [1.82, 2.24) is 0 Å². The zero-order chi connectivity index (χ0) is 16.8. The SMILES string of the molecule is COc1ccc(N)c(NC(=O)C(C)CCc2ccccc2F)c1.Cl. The second kappa shape index (κ2) is 9.13. The number of nitrogen functional groups attached to an aromatic ring is 1. The zero-order valence-electron chi connectivity index (χ0n) is 13.7. The second-order valence-corrected chi connectivity index (χ2v) is 5.47. The number of hydrogen-bond acceptors (Lipinski definition) is 3. The average Bonchev–Trinajstić information content (AvgIpc) is 2.55. The topological polar surface area (TPSA) is 64.3 Å². The van der Waals surface area contributed by atoms with Gasteiger partial charge in [-0.05, 0) is 36.6 Å². The first-order valence-corrected chi connectivity index (χ1v) is 7.49. The van der Waals surface area contributed by atoms with Crippen LogP contribution in [0.3, 0.4) is 0 Å². The van der Waals surface area contributed by atoms with Gasteiger partial charge in [0.2, 0.25) is 5.91 Å². The third-order valence-corrected chi connectivity index (χ3v) is 3.77. The summed E-state index contributed by atoms with van der Waals surface area (Å²) in [5, 5.41) is 2.80. The Morgan fingerprint density at radius 2 is 2.00 bits per heavy atom. The van der Waals surface area contributed by atoms with Crippen LogP contribution >= 0.6 is 12.4 Å². The molecule has 0 fully saturated rings. The van der Waals surface area contributed by atoms with E-state index in [1.165, 1.54) is 6.07 Å². The molecular formula is C18H22ClFN2O2. The summed E-state index contributed by atoms with van der Waals surface area (Å²) in [5.41, 5.74) is 7.47. The van der Waals surface area contributed by atoms with Gasteiger partial charge in [0, 0.05) is 12.0 Å². The van der Waals surface area contributed by atoms with E-state index in [0.717, 1.165) is 0 Å². The Morgan fingerprint density at radius 1 is 1.29 bits per heavy atom. The van der Waals surface area contributed by atoms with Gasteiger partial charge in [-0.25, -0.2) is 4.39 Å². The Morgan fingerprint density at radius 3 is 2.67 bits per heavy atom. The molecule has 0 aromatic heterocycles. The predicted octanol–water partition coefficient (Wildman–Crippen LogP) is 4.05. The van der Waals surface area contributed by atoms with Gasteiger partial charge in [-0.3, -0.25) is 4.79 Å². The monoisotopic (exact) mass is 352 g/mol. The number of methoxy groups -OCH3 is 1. The predicted molar refractivity (Wildman–Crippen MR) is 97.2 cm³/mol. The fourth-order valence-electron chi connectivity index (χ4n) is 2.23. The standard InChI is InChI=1S/C18H21FN2O2.ClH/c1-12(7-8-13-5-3-4-6-15(13)19)18(22)21-17-11-14(23-2)9-10-16(17)20;/h3-6,9-12H,7-8,20H2,1-2H3,(H,21,22);1H. The average molecular weight is 353 g/mol. The molecule has 2 aromatic rings. The Labute approximate surface area is 147 Å². The van der Waals surface area contributed by atoms with Gasteiger partial charge < -0.3 is 15.8 Å². The molecule has 1 amide bonds. The van der Waals surface area contributed by atoms with E-state index in [9.17, 15) is 9.18 Å². The van der Waals surface area contributed by atoms with Crippen molar-refractivity contribution < 1.29 is 13.9 Å². The van der Waals surface area contributed by atoms with Crippen molar-refractivity contribution in [3.05, 3.63) is 53.8 Å². The van der Waals surface area contributed by atoms with E-state index in [4.69, 9.17) is 10.5 Å². The van der Waals surface area contributed by atoms with E-state index in [0.29, 0.717) is 35.5 Å². The molecule has 0 spiro atoms. The van der Waals surface area contributed by atoms with Gasteiger partial charge in [-0.15, -0.1) is 12.4 Å². The maximum atomic E-state index is 13.6. The lowest BCUT2D eigenvalue weighted by Crippen LogP contribution is -2.21. The van der Waals surface area contributed by atoms with Gasteiger partial charge in [0.05, 0.1) is 18.5 Å². The van der Waals surface area contributed by atoms with Gasteiger partial charge >= 0.3 is 0 Å². The van der Waals surface area contributed by atoms with E-state index >= 15 is 0 Å². The van der Waals surface area contributed by atoms with Crippen LogP contribution in [0, 0.1) is 11.7 Å². The van der Waals surface area contributed by atoms with E-state index < -0.39 is 0 Å². The van der Waals surface area contributed by atoms with Crippen LogP contribution in [0.25, 0.3) is 0 Å². The van der Waals surface area contributed by atoms with Crippen molar-refractivity contribution >= 4 is 29.7 Å². The third kappa shape index (κ3) is 5.13. The van der Waals surface area contributed by atoms with Gasteiger partial charge in [0.25, 0.3) is 0 Å². The highest BCUT2D eigenvalue weighted by Gasteiger charge is 2.15. The zero-order valence-corrected chi connectivity index (χ0v) is 14.5. The Kier molecular flexibility index (Phi) is 7.52. The van der Waals surface area contributed by atoms with Crippen molar-refractivity contribution in [3.63, 3.8) is 0 Å². The van der Waals surface area contributed by atoms with Gasteiger partial charge in [0.1, 0.15) is 11.6 Å². The molecule has 1 atom stereocenters. The Bertz CT molecular complexity index is 694. The first-order valence-electron chi connectivity index (χ1n) is 7.49. The molecule has 1 unspecified atom stereocenters. The van der Waals surface area contributed by atoms with Crippen LogP contribution in [0.5, 0.6) is 5.75 Å². The minimum absolute atomic E-state index is 0.